The molecule has 24 heavy (non-hydrogen) atoms. The van der Waals surface area contributed by atoms with Crippen LogP contribution in [0.15, 0.2) is 91.0 Å². The van der Waals surface area contributed by atoms with Crippen molar-refractivity contribution in [2.24, 2.45) is 0 Å². The van der Waals surface area contributed by atoms with Gasteiger partial charge in [-0.2, -0.15) is 0 Å². The summed E-state index contributed by atoms with van der Waals surface area (Å²) in [5.41, 5.74) is 3.69. The molecule has 0 saturated heterocycles. The van der Waals surface area contributed by atoms with E-state index in [9.17, 15) is 5.11 Å². The molecular weight excluding hydrogens is 312 g/mol. The van der Waals surface area contributed by atoms with Gasteiger partial charge in [0, 0.05) is 5.25 Å². The Morgan fingerprint density at radius 1 is 0.708 bits per heavy atom. The highest BCUT2D eigenvalue weighted by atomic mass is 32.2. The molecule has 0 spiro atoms. The van der Waals surface area contributed by atoms with E-state index in [2.05, 4.69) is 79.7 Å². The molecule has 2 heteroatoms. The van der Waals surface area contributed by atoms with Crippen LogP contribution in [0.2, 0.25) is 0 Å². The quantitative estimate of drug-likeness (QED) is 0.633. The van der Waals surface area contributed by atoms with Gasteiger partial charge >= 0.3 is 0 Å². The zero-order chi connectivity index (χ0) is 16.8. The van der Waals surface area contributed by atoms with Crippen molar-refractivity contribution in [1.82, 2.24) is 0 Å². The highest BCUT2D eigenvalue weighted by Crippen LogP contribution is 2.49. The first-order valence-electron chi connectivity index (χ1n) is 8.22. The predicted octanol–water partition coefficient (Wildman–Crippen LogP) is 5.09. The number of hydrogen-bond donors (Lipinski definition) is 1. The number of aliphatic hydroxyl groups excluding tert-OH is 1. The Labute approximate surface area is 148 Å². The van der Waals surface area contributed by atoms with Crippen LogP contribution in [-0.4, -0.2) is 17.0 Å². The van der Waals surface area contributed by atoms with Gasteiger partial charge in [-0.15, -0.1) is 11.8 Å². The minimum absolute atomic E-state index is 0.116. The molecule has 0 heterocycles. The zero-order valence-electron chi connectivity index (χ0n) is 13.8. The normalized spacial score (nSPS) is 12.8. The molecular formula is C22H22OS. The van der Waals surface area contributed by atoms with Crippen LogP contribution >= 0.6 is 11.8 Å². The molecule has 1 nitrogen and oxygen atoms in total. The van der Waals surface area contributed by atoms with Gasteiger partial charge in [0.05, 0.1) is 11.4 Å². The second kappa shape index (κ2) is 7.69. The second-order valence-electron chi connectivity index (χ2n) is 5.89. The smallest absolute Gasteiger partial charge is 0.0910 e. The minimum atomic E-state index is -0.341. The van der Waals surface area contributed by atoms with Crippen molar-refractivity contribution < 1.29 is 5.11 Å². The summed E-state index contributed by atoms with van der Waals surface area (Å²) in [6, 6.07) is 31.7. The fourth-order valence-electron chi connectivity index (χ4n) is 3.06. The lowest BCUT2D eigenvalue weighted by Gasteiger charge is -2.37. The van der Waals surface area contributed by atoms with Gasteiger partial charge in [-0.1, -0.05) is 97.9 Å². The van der Waals surface area contributed by atoms with E-state index >= 15 is 0 Å². The summed E-state index contributed by atoms with van der Waals surface area (Å²) in [4.78, 5) is 0. The summed E-state index contributed by atoms with van der Waals surface area (Å²) in [5.74, 6) is 0. The lowest BCUT2D eigenvalue weighted by molar-refractivity contribution is 0.299. The average Bonchev–Trinajstić information content (AvgIpc) is 2.68. The van der Waals surface area contributed by atoms with Crippen molar-refractivity contribution in [2.75, 3.05) is 6.61 Å². The van der Waals surface area contributed by atoms with Crippen LogP contribution in [0.1, 0.15) is 23.6 Å². The zero-order valence-corrected chi connectivity index (χ0v) is 14.6. The van der Waals surface area contributed by atoms with Crippen LogP contribution in [0.3, 0.4) is 0 Å². The van der Waals surface area contributed by atoms with E-state index in [1.807, 2.05) is 18.2 Å². The molecule has 0 aliphatic heterocycles. The summed E-state index contributed by atoms with van der Waals surface area (Å²) in [5, 5.41) is 9.83. The summed E-state index contributed by atoms with van der Waals surface area (Å²) < 4.78 is -0.341. The first-order chi connectivity index (χ1) is 11.8. The Morgan fingerprint density at radius 3 is 1.33 bits per heavy atom. The van der Waals surface area contributed by atoms with Gasteiger partial charge < -0.3 is 5.11 Å². The van der Waals surface area contributed by atoms with Crippen LogP contribution in [0.25, 0.3) is 0 Å². The van der Waals surface area contributed by atoms with Gasteiger partial charge in [0.2, 0.25) is 0 Å². The first kappa shape index (κ1) is 16.8. The molecule has 0 bridgehead atoms. The topological polar surface area (TPSA) is 20.2 Å². The van der Waals surface area contributed by atoms with E-state index in [1.54, 1.807) is 11.8 Å². The highest BCUT2D eigenvalue weighted by Gasteiger charge is 2.38. The maximum atomic E-state index is 9.72. The average molecular weight is 334 g/mol. The van der Waals surface area contributed by atoms with Crippen LogP contribution in [0, 0.1) is 0 Å². The van der Waals surface area contributed by atoms with Gasteiger partial charge in [-0.3, -0.25) is 0 Å². The summed E-state index contributed by atoms with van der Waals surface area (Å²) in [6.45, 7) is 2.23. The molecule has 1 unspecified atom stereocenters. The first-order valence-corrected chi connectivity index (χ1v) is 9.10. The third kappa shape index (κ3) is 3.26. The van der Waals surface area contributed by atoms with E-state index in [-0.39, 0.29) is 16.6 Å². The highest BCUT2D eigenvalue weighted by molar-refractivity contribution is 8.01. The standard InChI is InChI=1S/C22H22OS/c1-18(17-23)24-22(19-11-5-2-6-12-19,20-13-7-3-8-14-20)21-15-9-4-10-16-21/h2-16,18,23H,17H2,1H3. The number of thioether (sulfide) groups is 1. The van der Waals surface area contributed by atoms with Gasteiger partial charge in [-0.25, -0.2) is 0 Å². The number of benzene rings is 3. The monoisotopic (exact) mass is 334 g/mol. The third-order valence-corrected chi connectivity index (χ3v) is 5.79. The molecule has 1 N–H and O–H groups in total. The van der Waals surface area contributed by atoms with Crippen LogP contribution < -0.4 is 0 Å². The van der Waals surface area contributed by atoms with E-state index in [0.29, 0.717) is 0 Å². The number of hydrogen-bond acceptors (Lipinski definition) is 2. The molecule has 3 aromatic rings. The predicted molar refractivity (Wildman–Crippen MR) is 103 cm³/mol. The Hall–Kier alpha value is -2.03. The third-order valence-electron chi connectivity index (χ3n) is 4.18. The van der Waals surface area contributed by atoms with Crippen LogP contribution in [0.5, 0.6) is 0 Å². The molecule has 122 valence electrons. The van der Waals surface area contributed by atoms with E-state index in [0.717, 1.165) is 0 Å². The summed E-state index contributed by atoms with van der Waals surface area (Å²) in [7, 11) is 0. The van der Waals surface area contributed by atoms with E-state index in [1.165, 1.54) is 16.7 Å². The van der Waals surface area contributed by atoms with Gasteiger partial charge in [0.1, 0.15) is 0 Å². The Bertz CT molecular complexity index is 644. The fraction of sp³-hybridized carbons (Fsp3) is 0.182. The molecule has 0 saturated carbocycles. The minimum Gasteiger partial charge on any atom is -0.395 e. The van der Waals surface area contributed by atoms with Crippen molar-refractivity contribution in [3.8, 4) is 0 Å². The maximum absolute atomic E-state index is 9.72. The van der Waals surface area contributed by atoms with Gasteiger partial charge in [0.15, 0.2) is 0 Å². The van der Waals surface area contributed by atoms with E-state index in [4.69, 9.17) is 0 Å². The SMILES string of the molecule is CC(CO)SC(c1ccccc1)(c1ccccc1)c1ccccc1. The molecule has 0 aliphatic rings. The molecule has 0 amide bonds. The van der Waals surface area contributed by atoms with Crippen molar-refractivity contribution >= 4 is 11.8 Å². The Balaban J connectivity index is 2.28. The van der Waals surface area contributed by atoms with Crippen molar-refractivity contribution in [2.45, 2.75) is 16.9 Å². The molecule has 0 aromatic heterocycles. The fourth-order valence-corrected chi connectivity index (χ4v) is 4.56. The van der Waals surface area contributed by atoms with Crippen LogP contribution in [0.4, 0.5) is 0 Å². The molecule has 3 rings (SSSR count). The molecule has 0 aliphatic carbocycles. The largest absolute Gasteiger partial charge is 0.395 e. The summed E-state index contributed by atoms with van der Waals surface area (Å²) >= 11 is 1.80. The van der Waals surface area contributed by atoms with Crippen LogP contribution in [-0.2, 0) is 4.75 Å². The maximum Gasteiger partial charge on any atom is 0.0910 e. The molecule has 0 fully saturated rings. The van der Waals surface area contributed by atoms with Gasteiger partial charge in [0.25, 0.3) is 0 Å². The van der Waals surface area contributed by atoms with E-state index < -0.39 is 0 Å². The Morgan fingerprint density at radius 2 is 1.04 bits per heavy atom. The second-order valence-corrected chi connectivity index (χ2v) is 7.54. The molecule has 0 radical (unpaired) electrons. The summed E-state index contributed by atoms with van der Waals surface area (Å²) in [6.07, 6.45) is 0. The lowest BCUT2D eigenvalue weighted by Crippen LogP contribution is -2.28. The van der Waals surface area contributed by atoms with Crippen molar-refractivity contribution in [3.63, 3.8) is 0 Å². The lowest BCUT2D eigenvalue weighted by atomic mass is 9.84. The molecule has 3 aromatic carbocycles. The van der Waals surface area contributed by atoms with Crippen molar-refractivity contribution in [3.05, 3.63) is 108 Å². The number of rotatable bonds is 6. The Kier molecular flexibility index (Phi) is 5.39. The van der Waals surface area contributed by atoms with Crippen molar-refractivity contribution in [1.29, 1.82) is 0 Å². The number of aliphatic hydroxyl groups is 1. The molecule has 1 atom stereocenters. The van der Waals surface area contributed by atoms with Gasteiger partial charge in [-0.05, 0) is 16.7 Å².